The number of hydrogen-bond acceptors (Lipinski definition) is 4. The minimum absolute atomic E-state index is 0.0797. The maximum Gasteiger partial charge on any atom is 0.295 e. The van der Waals surface area contributed by atoms with Crippen LogP contribution in [0.5, 0.6) is 0 Å². The molecule has 0 saturated carbocycles. The fourth-order valence-corrected chi connectivity index (χ4v) is 1.51. The second kappa shape index (κ2) is 5.81. The van der Waals surface area contributed by atoms with E-state index in [9.17, 15) is 14.5 Å². The molecule has 1 rings (SSSR count). The lowest BCUT2D eigenvalue weighted by atomic mass is 10.1. The van der Waals surface area contributed by atoms with Crippen LogP contribution in [0.3, 0.4) is 0 Å². The van der Waals surface area contributed by atoms with Gasteiger partial charge in [-0.15, -0.1) is 0 Å². The number of benzene rings is 1. The predicted molar refractivity (Wildman–Crippen MR) is 74.3 cm³/mol. The Bertz CT molecular complexity index is 580. The molecule has 0 aliphatic heterocycles. The molecule has 0 atom stereocenters. The van der Waals surface area contributed by atoms with Crippen molar-refractivity contribution in [2.45, 2.75) is 6.92 Å². The number of anilines is 2. The van der Waals surface area contributed by atoms with Crippen LogP contribution in [0.4, 0.5) is 21.5 Å². The second-order valence-electron chi connectivity index (χ2n) is 3.76. The van der Waals surface area contributed by atoms with Gasteiger partial charge in [-0.05, 0) is 24.6 Å². The van der Waals surface area contributed by atoms with Crippen molar-refractivity contribution in [2.75, 3.05) is 11.1 Å². The van der Waals surface area contributed by atoms with Crippen molar-refractivity contribution < 1.29 is 9.31 Å². The lowest BCUT2D eigenvalue weighted by Gasteiger charge is -2.12. The first-order valence-corrected chi connectivity index (χ1v) is 5.37. The third-order valence-electron chi connectivity index (χ3n) is 2.46. The molecule has 19 heavy (non-hydrogen) atoms. The van der Waals surface area contributed by atoms with Crippen molar-refractivity contribution in [1.82, 2.24) is 0 Å². The first-order chi connectivity index (χ1) is 8.92. The zero-order valence-corrected chi connectivity index (χ0v) is 10.4. The number of nitro benzene ring substituents is 1. The summed E-state index contributed by atoms with van der Waals surface area (Å²) in [5, 5.41) is 13.5. The van der Waals surface area contributed by atoms with Crippen molar-refractivity contribution in [3.05, 3.63) is 64.6 Å². The molecule has 0 amide bonds. The molecule has 1 aromatic carbocycles. The van der Waals surface area contributed by atoms with E-state index in [1.807, 2.05) is 0 Å². The minimum atomic E-state index is -0.858. The van der Waals surface area contributed by atoms with Crippen LogP contribution in [0, 0.1) is 22.9 Å². The van der Waals surface area contributed by atoms with Crippen molar-refractivity contribution >= 4 is 17.1 Å². The van der Waals surface area contributed by atoms with Crippen molar-refractivity contribution in [3.63, 3.8) is 0 Å². The van der Waals surface area contributed by atoms with Gasteiger partial charge < -0.3 is 11.1 Å². The van der Waals surface area contributed by atoms with E-state index in [2.05, 4.69) is 18.5 Å². The van der Waals surface area contributed by atoms with Crippen LogP contribution in [-0.4, -0.2) is 4.92 Å². The molecule has 0 bridgehead atoms. The van der Waals surface area contributed by atoms with E-state index in [1.54, 1.807) is 13.0 Å². The highest BCUT2D eigenvalue weighted by atomic mass is 19.1. The van der Waals surface area contributed by atoms with E-state index in [1.165, 1.54) is 18.2 Å². The third-order valence-corrected chi connectivity index (χ3v) is 2.46. The fourth-order valence-electron chi connectivity index (χ4n) is 1.51. The van der Waals surface area contributed by atoms with Gasteiger partial charge in [-0.3, -0.25) is 10.1 Å². The largest absolute Gasteiger partial charge is 0.391 e. The van der Waals surface area contributed by atoms with E-state index < -0.39 is 22.1 Å². The summed E-state index contributed by atoms with van der Waals surface area (Å²) >= 11 is 0. The summed E-state index contributed by atoms with van der Waals surface area (Å²) in [6.07, 6.45) is 4.56. The molecule has 0 heterocycles. The first-order valence-electron chi connectivity index (χ1n) is 5.37. The number of allylic oxidation sites excluding steroid dienone is 3. The molecule has 0 saturated heterocycles. The van der Waals surface area contributed by atoms with Crippen LogP contribution in [0.1, 0.15) is 5.56 Å². The summed E-state index contributed by atoms with van der Waals surface area (Å²) in [6.45, 7) is 8.63. The zero-order chi connectivity index (χ0) is 14.6. The molecule has 0 unspecified atom stereocenters. The standard InChI is InChI=1S/C13H14FN3O2/c1-4-6-9(5-2)16-13-8(3)7-10(17(18)19)12(15)11(13)14/h4-7,16H,1-2,15H2,3H3/b9-6+. The normalized spacial score (nSPS) is 10.9. The quantitative estimate of drug-likeness (QED) is 0.369. The minimum Gasteiger partial charge on any atom is -0.391 e. The summed E-state index contributed by atoms with van der Waals surface area (Å²) in [5.74, 6) is -0.858. The number of nitrogens with two attached hydrogens (primary N) is 1. The molecule has 100 valence electrons. The molecule has 0 radical (unpaired) electrons. The average Bonchev–Trinajstić information content (AvgIpc) is 2.37. The number of nitro groups is 1. The van der Waals surface area contributed by atoms with Crippen LogP contribution in [0.2, 0.25) is 0 Å². The van der Waals surface area contributed by atoms with E-state index in [0.29, 0.717) is 11.3 Å². The monoisotopic (exact) mass is 263 g/mol. The number of hydrogen-bond donors (Lipinski definition) is 2. The summed E-state index contributed by atoms with van der Waals surface area (Å²) in [4.78, 5) is 10.00. The van der Waals surface area contributed by atoms with E-state index in [4.69, 9.17) is 5.73 Å². The fraction of sp³-hybridized carbons (Fsp3) is 0.0769. The highest BCUT2D eigenvalue weighted by molar-refractivity contribution is 5.72. The number of nitrogens with one attached hydrogen (secondary N) is 1. The molecule has 0 aliphatic rings. The Morgan fingerprint density at radius 3 is 2.68 bits per heavy atom. The Morgan fingerprint density at radius 1 is 1.58 bits per heavy atom. The molecule has 5 nitrogen and oxygen atoms in total. The molecule has 0 aromatic heterocycles. The maximum atomic E-state index is 14.0. The zero-order valence-electron chi connectivity index (χ0n) is 10.4. The molecular formula is C13H14FN3O2. The van der Waals surface area contributed by atoms with Gasteiger partial charge in [0.2, 0.25) is 0 Å². The number of aryl methyl sites for hydroxylation is 1. The van der Waals surface area contributed by atoms with Crippen LogP contribution < -0.4 is 11.1 Å². The topological polar surface area (TPSA) is 81.2 Å². The SMILES string of the molecule is C=C/C=C(\C=C)Nc1c(C)cc([N+](=O)[O-])c(N)c1F. The number of nitrogen functional groups attached to an aromatic ring is 1. The number of nitrogens with zero attached hydrogens (tertiary/aromatic N) is 1. The van der Waals surface area contributed by atoms with Gasteiger partial charge in [0.05, 0.1) is 10.6 Å². The Balaban J connectivity index is 3.34. The number of halogens is 1. The lowest BCUT2D eigenvalue weighted by Crippen LogP contribution is -2.06. The Hall–Kier alpha value is -2.63. The molecule has 6 heteroatoms. The predicted octanol–water partition coefficient (Wildman–Crippen LogP) is 3.29. The van der Waals surface area contributed by atoms with Gasteiger partial charge in [-0.1, -0.05) is 19.2 Å². The van der Waals surface area contributed by atoms with Crippen LogP contribution in [0.25, 0.3) is 0 Å². The van der Waals surface area contributed by atoms with Gasteiger partial charge in [-0.25, -0.2) is 4.39 Å². The number of rotatable bonds is 5. The summed E-state index contributed by atoms with van der Waals surface area (Å²) in [6, 6.07) is 1.22. The Kier molecular flexibility index (Phi) is 4.41. The van der Waals surface area contributed by atoms with Crippen molar-refractivity contribution in [3.8, 4) is 0 Å². The van der Waals surface area contributed by atoms with Crippen LogP contribution in [-0.2, 0) is 0 Å². The summed E-state index contributed by atoms with van der Waals surface area (Å²) in [7, 11) is 0. The molecule has 0 spiro atoms. The molecule has 0 fully saturated rings. The summed E-state index contributed by atoms with van der Waals surface area (Å²) in [5.41, 5.74) is 5.43. The third kappa shape index (κ3) is 2.98. The van der Waals surface area contributed by atoms with Gasteiger partial charge in [0.25, 0.3) is 5.69 Å². The van der Waals surface area contributed by atoms with Gasteiger partial charge >= 0.3 is 0 Å². The van der Waals surface area contributed by atoms with E-state index in [-0.39, 0.29) is 5.69 Å². The molecule has 3 N–H and O–H groups in total. The second-order valence-corrected chi connectivity index (χ2v) is 3.76. The van der Waals surface area contributed by atoms with Gasteiger partial charge in [0.15, 0.2) is 5.82 Å². The summed E-state index contributed by atoms with van der Waals surface area (Å²) < 4.78 is 14.0. The molecular weight excluding hydrogens is 249 g/mol. The van der Waals surface area contributed by atoms with Crippen LogP contribution >= 0.6 is 0 Å². The highest BCUT2D eigenvalue weighted by Gasteiger charge is 2.21. The average molecular weight is 263 g/mol. The van der Waals surface area contributed by atoms with Crippen molar-refractivity contribution in [2.24, 2.45) is 0 Å². The smallest absolute Gasteiger partial charge is 0.295 e. The lowest BCUT2D eigenvalue weighted by molar-refractivity contribution is -0.384. The van der Waals surface area contributed by atoms with Gasteiger partial charge in [0.1, 0.15) is 5.69 Å². The van der Waals surface area contributed by atoms with Crippen LogP contribution in [0.15, 0.2) is 43.1 Å². The van der Waals surface area contributed by atoms with Crippen molar-refractivity contribution in [1.29, 1.82) is 0 Å². The maximum absolute atomic E-state index is 14.0. The van der Waals surface area contributed by atoms with E-state index >= 15 is 0 Å². The molecule has 0 aliphatic carbocycles. The molecule has 1 aromatic rings. The van der Waals surface area contributed by atoms with Gasteiger partial charge in [-0.2, -0.15) is 0 Å². The van der Waals surface area contributed by atoms with Gasteiger partial charge in [0, 0.05) is 11.8 Å². The Labute approximate surface area is 110 Å². The highest BCUT2D eigenvalue weighted by Crippen LogP contribution is 2.33. The van der Waals surface area contributed by atoms with E-state index in [0.717, 1.165) is 0 Å². The Morgan fingerprint density at radius 2 is 2.21 bits per heavy atom. The first kappa shape index (κ1) is 14.4.